The van der Waals surface area contributed by atoms with Crippen LogP contribution in [0.3, 0.4) is 0 Å². The predicted octanol–water partition coefficient (Wildman–Crippen LogP) is 3.78. The second-order valence-electron chi connectivity index (χ2n) is 4.09. The van der Waals surface area contributed by atoms with E-state index in [1.165, 1.54) is 5.56 Å². The Morgan fingerprint density at radius 2 is 2.21 bits per heavy atom. The zero-order valence-electron chi connectivity index (χ0n) is 10.8. The predicted molar refractivity (Wildman–Crippen MR) is 79.6 cm³/mol. The highest BCUT2D eigenvalue weighted by Crippen LogP contribution is 2.32. The molecule has 5 heteroatoms. The van der Waals surface area contributed by atoms with E-state index in [-0.39, 0.29) is 0 Å². The molecule has 1 heterocycles. The summed E-state index contributed by atoms with van der Waals surface area (Å²) in [4.78, 5) is 9.09. The summed E-state index contributed by atoms with van der Waals surface area (Å²) < 4.78 is 0. The molecule has 3 nitrogen and oxygen atoms in total. The van der Waals surface area contributed by atoms with Crippen molar-refractivity contribution in [3.63, 3.8) is 0 Å². The molecular formula is C14H16ClN3S. The lowest BCUT2D eigenvalue weighted by Crippen LogP contribution is -2.13. The van der Waals surface area contributed by atoms with E-state index in [2.05, 4.69) is 28.3 Å². The average molecular weight is 294 g/mol. The Balaban J connectivity index is 2.03. The third-order valence-electron chi connectivity index (χ3n) is 2.52. The van der Waals surface area contributed by atoms with Crippen molar-refractivity contribution < 1.29 is 0 Å². The van der Waals surface area contributed by atoms with Gasteiger partial charge in [-0.15, -0.1) is 0 Å². The minimum absolute atomic E-state index is 0.763. The summed E-state index contributed by atoms with van der Waals surface area (Å²) in [6, 6.07) is 8.02. The molecule has 0 saturated heterocycles. The van der Waals surface area contributed by atoms with Gasteiger partial charge in [0.1, 0.15) is 11.4 Å². The summed E-state index contributed by atoms with van der Waals surface area (Å²) in [6.45, 7) is 4.03. The molecule has 0 saturated carbocycles. The number of hydrogen-bond acceptors (Lipinski definition) is 4. The Morgan fingerprint density at radius 3 is 2.89 bits per heavy atom. The van der Waals surface area contributed by atoms with Crippen LogP contribution in [0.2, 0.25) is 5.02 Å². The summed E-state index contributed by atoms with van der Waals surface area (Å²) in [5, 5.41) is 5.02. The van der Waals surface area contributed by atoms with Gasteiger partial charge in [0.15, 0.2) is 0 Å². The highest BCUT2D eigenvalue weighted by molar-refractivity contribution is 7.99. The van der Waals surface area contributed by atoms with Crippen molar-refractivity contribution >= 4 is 23.4 Å². The Morgan fingerprint density at radius 1 is 1.32 bits per heavy atom. The Hall–Kier alpha value is -1.10. The SMILES string of the molecule is CCCNCc1ccc(Sc2ccncn2)c(Cl)c1. The fourth-order valence-electron chi connectivity index (χ4n) is 1.60. The van der Waals surface area contributed by atoms with Crippen molar-refractivity contribution in [3.05, 3.63) is 47.4 Å². The maximum absolute atomic E-state index is 6.30. The molecule has 0 aliphatic heterocycles. The van der Waals surface area contributed by atoms with Crippen molar-refractivity contribution in [2.24, 2.45) is 0 Å². The molecule has 100 valence electrons. The van der Waals surface area contributed by atoms with Crippen LogP contribution < -0.4 is 5.32 Å². The van der Waals surface area contributed by atoms with Gasteiger partial charge in [0.05, 0.1) is 5.02 Å². The monoisotopic (exact) mass is 293 g/mol. The van der Waals surface area contributed by atoms with E-state index in [9.17, 15) is 0 Å². The van der Waals surface area contributed by atoms with E-state index in [4.69, 9.17) is 11.6 Å². The number of hydrogen-bond donors (Lipinski definition) is 1. The fourth-order valence-corrected chi connectivity index (χ4v) is 2.66. The van der Waals surface area contributed by atoms with Crippen molar-refractivity contribution in [1.82, 2.24) is 15.3 Å². The Kier molecular flexibility index (Phi) is 5.63. The van der Waals surface area contributed by atoms with Gasteiger partial charge in [-0.3, -0.25) is 0 Å². The smallest absolute Gasteiger partial charge is 0.116 e. The topological polar surface area (TPSA) is 37.8 Å². The number of nitrogens with one attached hydrogen (secondary N) is 1. The number of aromatic nitrogens is 2. The van der Waals surface area contributed by atoms with Gasteiger partial charge in [-0.05, 0) is 36.7 Å². The van der Waals surface area contributed by atoms with Crippen LogP contribution in [0.1, 0.15) is 18.9 Å². The standard InChI is InChI=1S/C14H16ClN3S/c1-2-6-16-9-11-3-4-13(12(15)8-11)19-14-5-7-17-10-18-14/h3-5,7-8,10,16H,2,6,9H2,1H3. The van der Waals surface area contributed by atoms with Gasteiger partial charge in [-0.1, -0.05) is 36.4 Å². The van der Waals surface area contributed by atoms with Crippen molar-refractivity contribution in [1.29, 1.82) is 0 Å². The minimum Gasteiger partial charge on any atom is -0.313 e. The summed E-state index contributed by atoms with van der Waals surface area (Å²) >= 11 is 7.85. The van der Waals surface area contributed by atoms with Crippen LogP contribution in [0.5, 0.6) is 0 Å². The fraction of sp³-hybridized carbons (Fsp3) is 0.286. The molecule has 0 amide bonds. The first kappa shape index (κ1) is 14.3. The lowest BCUT2D eigenvalue weighted by atomic mass is 10.2. The molecule has 2 aromatic rings. The number of nitrogens with zero attached hydrogens (tertiary/aromatic N) is 2. The molecule has 19 heavy (non-hydrogen) atoms. The molecule has 1 aromatic heterocycles. The molecule has 0 aliphatic rings. The largest absolute Gasteiger partial charge is 0.313 e. The van der Waals surface area contributed by atoms with E-state index in [1.54, 1.807) is 24.3 Å². The van der Waals surface area contributed by atoms with Gasteiger partial charge in [0, 0.05) is 17.6 Å². The van der Waals surface area contributed by atoms with Crippen molar-refractivity contribution in [3.8, 4) is 0 Å². The first-order valence-corrected chi connectivity index (χ1v) is 7.42. The van der Waals surface area contributed by atoms with Gasteiger partial charge in [-0.2, -0.15) is 0 Å². The first-order chi connectivity index (χ1) is 9.29. The van der Waals surface area contributed by atoms with Crippen LogP contribution in [0, 0.1) is 0 Å². The number of benzene rings is 1. The van der Waals surface area contributed by atoms with Gasteiger partial charge >= 0.3 is 0 Å². The maximum atomic E-state index is 6.30. The second kappa shape index (κ2) is 7.48. The summed E-state index contributed by atoms with van der Waals surface area (Å²) in [7, 11) is 0. The summed E-state index contributed by atoms with van der Waals surface area (Å²) in [5.41, 5.74) is 1.20. The molecule has 0 fully saturated rings. The van der Waals surface area contributed by atoms with Crippen LogP contribution in [-0.4, -0.2) is 16.5 Å². The molecule has 0 aliphatic carbocycles. The van der Waals surface area contributed by atoms with Gasteiger partial charge in [0.2, 0.25) is 0 Å². The maximum Gasteiger partial charge on any atom is 0.116 e. The molecule has 0 spiro atoms. The Bertz CT molecular complexity index is 519. The lowest BCUT2D eigenvalue weighted by Gasteiger charge is -2.07. The molecule has 1 N–H and O–H groups in total. The average Bonchev–Trinajstić information content (AvgIpc) is 2.43. The normalized spacial score (nSPS) is 10.6. The van der Waals surface area contributed by atoms with Gasteiger partial charge in [0.25, 0.3) is 0 Å². The molecular weight excluding hydrogens is 278 g/mol. The van der Waals surface area contributed by atoms with Gasteiger partial charge in [-0.25, -0.2) is 9.97 Å². The van der Waals surface area contributed by atoms with E-state index in [0.717, 1.165) is 34.5 Å². The third kappa shape index (κ3) is 4.49. The van der Waals surface area contributed by atoms with Crippen molar-refractivity contribution in [2.75, 3.05) is 6.54 Å². The highest BCUT2D eigenvalue weighted by Gasteiger charge is 2.05. The van der Waals surface area contributed by atoms with E-state index >= 15 is 0 Å². The molecule has 2 rings (SSSR count). The zero-order chi connectivity index (χ0) is 13.5. The highest BCUT2D eigenvalue weighted by atomic mass is 35.5. The minimum atomic E-state index is 0.763. The molecule has 1 aromatic carbocycles. The summed E-state index contributed by atoms with van der Waals surface area (Å²) in [6.07, 6.45) is 4.40. The zero-order valence-corrected chi connectivity index (χ0v) is 12.3. The molecule has 0 unspecified atom stereocenters. The number of halogens is 1. The lowest BCUT2D eigenvalue weighted by molar-refractivity contribution is 0.675. The molecule has 0 bridgehead atoms. The quantitative estimate of drug-likeness (QED) is 0.650. The third-order valence-corrected chi connectivity index (χ3v) is 3.97. The van der Waals surface area contributed by atoms with Crippen LogP contribution in [0.15, 0.2) is 46.7 Å². The Labute approximate surface area is 122 Å². The van der Waals surface area contributed by atoms with Crippen LogP contribution in [-0.2, 0) is 6.54 Å². The summed E-state index contributed by atoms with van der Waals surface area (Å²) in [5.74, 6) is 0. The molecule has 0 radical (unpaired) electrons. The van der Waals surface area contributed by atoms with Crippen LogP contribution in [0.4, 0.5) is 0 Å². The van der Waals surface area contributed by atoms with Crippen LogP contribution >= 0.6 is 23.4 Å². The second-order valence-corrected chi connectivity index (χ2v) is 5.56. The van der Waals surface area contributed by atoms with E-state index < -0.39 is 0 Å². The van der Waals surface area contributed by atoms with E-state index in [1.807, 2.05) is 18.2 Å². The van der Waals surface area contributed by atoms with Crippen molar-refractivity contribution in [2.45, 2.75) is 29.8 Å². The number of rotatable bonds is 6. The van der Waals surface area contributed by atoms with Gasteiger partial charge < -0.3 is 5.32 Å². The first-order valence-electron chi connectivity index (χ1n) is 6.22. The van der Waals surface area contributed by atoms with Crippen LogP contribution in [0.25, 0.3) is 0 Å². The van der Waals surface area contributed by atoms with E-state index in [0.29, 0.717) is 0 Å². The molecule has 0 atom stereocenters.